The van der Waals surface area contributed by atoms with E-state index in [1.807, 2.05) is 26.0 Å². The molecule has 0 aliphatic carbocycles. The predicted octanol–water partition coefficient (Wildman–Crippen LogP) is 3.15. The molecule has 0 heterocycles. The number of benzene rings is 1. The van der Waals surface area contributed by atoms with Gasteiger partial charge in [-0.1, -0.05) is 12.1 Å². The van der Waals surface area contributed by atoms with Gasteiger partial charge in [-0.25, -0.2) is 0 Å². The Morgan fingerprint density at radius 1 is 1.50 bits per heavy atom. The number of carbonyl (C=O) groups is 1. The molecule has 0 saturated heterocycles. The molecule has 0 saturated carbocycles. The highest BCUT2D eigenvalue weighted by molar-refractivity contribution is 5.90. The molecule has 2 amide bonds. The van der Waals surface area contributed by atoms with Crippen molar-refractivity contribution in [2.75, 3.05) is 5.32 Å². The summed E-state index contributed by atoms with van der Waals surface area (Å²) in [5, 5.41) is 5.41. The molecule has 0 aliphatic heterocycles. The van der Waals surface area contributed by atoms with Gasteiger partial charge in [-0.15, -0.1) is 0 Å². The number of nitrogens with zero attached hydrogens (tertiary/aromatic N) is 3. The zero-order valence-corrected chi connectivity index (χ0v) is 7.98. The molecule has 0 radical (unpaired) electrons. The van der Waals surface area contributed by atoms with Crippen LogP contribution in [0.4, 0.5) is 10.5 Å². The number of rotatable bonds is 1. The van der Waals surface area contributed by atoms with Crippen molar-refractivity contribution in [3.8, 4) is 0 Å². The largest absolute Gasteiger partial charge is 0.320 e. The van der Waals surface area contributed by atoms with E-state index in [1.54, 1.807) is 6.07 Å². The summed E-state index contributed by atoms with van der Waals surface area (Å²) in [6, 6.07) is 4.83. The van der Waals surface area contributed by atoms with Crippen molar-refractivity contribution in [2.45, 2.75) is 13.8 Å². The topological polar surface area (TPSA) is 77.9 Å². The summed E-state index contributed by atoms with van der Waals surface area (Å²) in [6.07, 6.45) is 0. The normalized spacial score (nSPS) is 9.00. The van der Waals surface area contributed by atoms with Crippen LogP contribution >= 0.6 is 0 Å². The van der Waals surface area contributed by atoms with Crippen LogP contribution in [0, 0.1) is 13.8 Å². The van der Waals surface area contributed by atoms with Crippen LogP contribution in [-0.4, -0.2) is 6.03 Å². The van der Waals surface area contributed by atoms with Crippen molar-refractivity contribution in [1.82, 2.24) is 0 Å². The van der Waals surface area contributed by atoms with Crippen molar-refractivity contribution in [1.29, 1.82) is 0 Å². The van der Waals surface area contributed by atoms with Gasteiger partial charge < -0.3 is 5.32 Å². The Hall–Kier alpha value is -2.00. The molecule has 5 heteroatoms. The number of anilines is 1. The van der Waals surface area contributed by atoms with Crippen molar-refractivity contribution in [3.63, 3.8) is 0 Å². The minimum atomic E-state index is -0.693. The second-order valence-corrected chi connectivity index (χ2v) is 2.87. The second-order valence-electron chi connectivity index (χ2n) is 2.87. The molecular weight excluding hydrogens is 180 g/mol. The number of azide groups is 1. The zero-order valence-electron chi connectivity index (χ0n) is 7.98. The van der Waals surface area contributed by atoms with Gasteiger partial charge >= 0.3 is 6.03 Å². The van der Waals surface area contributed by atoms with Crippen molar-refractivity contribution >= 4 is 11.7 Å². The first kappa shape index (κ1) is 10.1. The molecule has 72 valence electrons. The van der Waals surface area contributed by atoms with Crippen molar-refractivity contribution < 1.29 is 4.79 Å². The molecule has 1 aromatic rings. The number of urea groups is 1. The molecule has 0 bridgehead atoms. The fourth-order valence-corrected chi connectivity index (χ4v) is 1.07. The summed E-state index contributed by atoms with van der Waals surface area (Å²) in [5.74, 6) is 0. The van der Waals surface area contributed by atoms with Crippen LogP contribution in [0.25, 0.3) is 10.4 Å². The van der Waals surface area contributed by atoms with Gasteiger partial charge in [-0.05, 0) is 36.6 Å². The van der Waals surface area contributed by atoms with Gasteiger partial charge in [0.05, 0.1) is 0 Å². The third-order valence-electron chi connectivity index (χ3n) is 1.98. The fourth-order valence-electron chi connectivity index (χ4n) is 1.07. The minimum absolute atomic E-state index is 0.669. The Kier molecular flexibility index (Phi) is 3.09. The van der Waals surface area contributed by atoms with E-state index in [-0.39, 0.29) is 0 Å². The molecule has 0 aliphatic rings. The Labute approximate surface area is 81.4 Å². The van der Waals surface area contributed by atoms with Crippen LogP contribution in [0.5, 0.6) is 0 Å². The lowest BCUT2D eigenvalue weighted by Crippen LogP contribution is -2.06. The number of hydrogen-bond acceptors (Lipinski definition) is 1. The Morgan fingerprint density at radius 2 is 2.21 bits per heavy atom. The first-order valence-corrected chi connectivity index (χ1v) is 4.07. The number of aryl methyl sites for hydroxylation is 1. The maximum absolute atomic E-state index is 10.9. The molecule has 0 spiro atoms. The van der Waals surface area contributed by atoms with Crippen LogP contribution in [0.1, 0.15) is 11.1 Å². The summed E-state index contributed by atoms with van der Waals surface area (Å²) in [5.41, 5.74) is 10.7. The molecule has 5 nitrogen and oxygen atoms in total. The van der Waals surface area contributed by atoms with Crippen LogP contribution in [0.15, 0.2) is 23.3 Å². The standard InChI is InChI=1S/C9H10N4O/c1-6-4-3-5-8(7(6)2)11-9(14)12-13-10/h3-5H,1-2H3,(H,11,14). The molecule has 14 heavy (non-hydrogen) atoms. The van der Waals surface area contributed by atoms with Gasteiger partial charge in [0.2, 0.25) is 0 Å². The molecule has 0 aromatic heterocycles. The lowest BCUT2D eigenvalue weighted by atomic mass is 10.1. The molecule has 1 aromatic carbocycles. The number of carbonyl (C=O) groups excluding carboxylic acids is 1. The Bertz CT molecular complexity index is 407. The Balaban J connectivity index is 2.92. The number of hydrogen-bond donors (Lipinski definition) is 1. The molecule has 0 unspecified atom stereocenters. The average molecular weight is 190 g/mol. The molecular formula is C9H10N4O. The highest BCUT2D eigenvalue weighted by Crippen LogP contribution is 2.17. The molecule has 0 fully saturated rings. The zero-order chi connectivity index (χ0) is 10.6. The van der Waals surface area contributed by atoms with Gasteiger partial charge in [0, 0.05) is 15.7 Å². The van der Waals surface area contributed by atoms with Gasteiger partial charge in [0.15, 0.2) is 0 Å². The molecule has 0 atom stereocenters. The van der Waals surface area contributed by atoms with Crippen molar-refractivity contribution in [2.24, 2.45) is 5.11 Å². The third kappa shape index (κ3) is 2.24. The van der Waals surface area contributed by atoms with E-state index < -0.39 is 6.03 Å². The fraction of sp³-hybridized carbons (Fsp3) is 0.222. The minimum Gasteiger partial charge on any atom is -0.320 e. The van der Waals surface area contributed by atoms with Gasteiger partial charge in [0.1, 0.15) is 0 Å². The molecule has 1 N–H and O–H groups in total. The van der Waals surface area contributed by atoms with E-state index in [0.717, 1.165) is 11.1 Å². The summed E-state index contributed by atoms with van der Waals surface area (Å²) in [6.45, 7) is 3.83. The summed E-state index contributed by atoms with van der Waals surface area (Å²) >= 11 is 0. The Morgan fingerprint density at radius 3 is 2.86 bits per heavy atom. The maximum atomic E-state index is 10.9. The predicted molar refractivity (Wildman–Crippen MR) is 54.1 cm³/mol. The lowest BCUT2D eigenvalue weighted by molar-refractivity contribution is 0.259. The SMILES string of the molecule is Cc1cccc(NC(=O)N=[N+]=[N-])c1C. The van der Waals surface area contributed by atoms with Crippen LogP contribution < -0.4 is 5.32 Å². The smallest absolute Gasteiger partial charge is 0.312 e. The summed E-state index contributed by atoms with van der Waals surface area (Å²) in [4.78, 5) is 13.3. The van der Waals surface area contributed by atoms with Crippen LogP contribution in [-0.2, 0) is 0 Å². The number of nitrogens with one attached hydrogen (secondary N) is 1. The quantitative estimate of drug-likeness (QED) is 0.412. The van der Waals surface area contributed by atoms with Crippen LogP contribution in [0.2, 0.25) is 0 Å². The van der Waals surface area contributed by atoms with E-state index in [9.17, 15) is 4.79 Å². The average Bonchev–Trinajstić information content (AvgIpc) is 2.13. The first-order valence-electron chi connectivity index (χ1n) is 4.07. The van der Waals surface area contributed by atoms with E-state index >= 15 is 0 Å². The maximum Gasteiger partial charge on any atom is 0.312 e. The lowest BCUT2D eigenvalue weighted by Gasteiger charge is -2.07. The van der Waals surface area contributed by atoms with E-state index in [1.165, 1.54) is 0 Å². The second kappa shape index (κ2) is 4.30. The van der Waals surface area contributed by atoms with Crippen LogP contribution in [0.3, 0.4) is 0 Å². The highest BCUT2D eigenvalue weighted by atomic mass is 16.2. The summed E-state index contributed by atoms with van der Waals surface area (Å²) in [7, 11) is 0. The highest BCUT2D eigenvalue weighted by Gasteiger charge is 2.02. The van der Waals surface area contributed by atoms with E-state index in [2.05, 4.69) is 15.3 Å². The summed E-state index contributed by atoms with van der Waals surface area (Å²) < 4.78 is 0. The monoisotopic (exact) mass is 190 g/mol. The van der Waals surface area contributed by atoms with Gasteiger partial charge in [-0.3, -0.25) is 4.79 Å². The van der Waals surface area contributed by atoms with Gasteiger partial charge in [0.25, 0.3) is 0 Å². The van der Waals surface area contributed by atoms with Gasteiger partial charge in [-0.2, -0.15) is 0 Å². The van der Waals surface area contributed by atoms with Crippen molar-refractivity contribution in [3.05, 3.63) is 39.8 Å². The van der Waals surface area contributed by atoms with E-state index in [0.29, 0.717) is 5.69 Å². The first-order chi connectivity index (χ1) is 6.65. The number of amides is 2. The molecule has 1 rings (SSSR count). The van der Waals surface area contributed by atoms with E-state index in [4.69, 9.17) is 5.53 Å². The third-order valence-corrected chi connectivity index (χ3v) is 1.98.